The van der Waals surface area contributed by atoms with Gasteiger partial charge in [0.05, 0.1) is 37.4 Å². The van der Waals surface area contributed by atoms with Crippen LogP contribution in [-0.2, 0) is 6.42 Å². The monoisotopic (exact) mass is 444 g/mol. The summed E-state index contributed by atoms with van der Waals surface area (Å²) in [6.45, 7) is 0. The first-order chi connectivity index (χ1) is 14.5. The van der Waals surface area contributed by atoms with Crippen molar-refractivity contribution in [1.29, 1.82) is 0 Å². The van der Waals surface area contributed by atoms with Crippen LogP contribution >= 0.6 is 23.2 Å². The minimum atomic E-state index is -0.127. The van der Waals surface area contributed by atoms with E-state index in [0.29, 0.717) is 27.4 Å². The van der Waals surface area contributed by atoms with Crippen LogP contribution in [-0.4, -0.2) is 26.3 Å². The van der Waals surface area contributed by atoms with E-state index in [2.05, 4.69) is 10.3 Å². The zero-order valence-corrected chi connectivity index (χ0v) is 18.4. The van der Waals surface area contributed by atoms with Gasteiger partial charge in [0, 0.05) is 17.8 Å². The summed E-state index contributed by atoms with van der Waals surface area (Å²) in [6.07, 6.45) is 2.47. The van der Waals surface area contributed by atoms with Gasteiger partial charge in [0.25, 0.3) is 0 Å². The SMILES string of the molecule is COc1cc2c(cc1OC)[C@@H](c1ccc(Cl)c(Cl)c1)N[C@@H](c1cccnc1OC)C2. The summed E-state index contributed by atoms with van der Waals surface area (Å²) in [7, 11) is 4.91. The molecular formula is C23H22Cl2N2O3. The molecule has 0 fully saturated rings. The number of nitrogens with zero attached hydrogens (tertiary/aromatic N) is 1. The number of rotatable bonds is 5. The standard InChI is InChI=1S/C23H22Cl2N2O3/c1-28-20-11-14-10-19(15-5-4-8-26-23(15)30-3)27-22(16(14)12-21(20)29-2)13-6-7-17(24)18(25)9-13/h4-9,11-12,19,22,27H,10H2,1-3H3/t19-,22-/m1/s1. The minimum Gasteiger partial charge on any atom is -0.493 e. The van der Waals surface area contributed by atoms with E-state index in [9.17, 15) is 0 Å². The van der Waals surface area contributed by atoms with Gasteiger partial charge in [0.2, 0.25) is 5.88 Å². The molecule has 1 N–H and O–H groups in total. The lowest BCUT2D eigenvalue weighted by Gasteiger charge is -2.35. The van der Waals surface area contributed by atoms with Crippen LogP contribution in [0.2, 0.25) is 10.0 Å². The summed E-state index contributed by atoms with van der Waals surface area (Å²) in [6, 6.07) is 13.5. The van der Waals surface area contributed by atoms with Crippen LogP contribution in [0.4, 0.5) is 0 Å². The number of methoxy groups -OCH3 is 3. The molecule has 1 aromatic heterocycles. The molecule has 1 aliphatic rings. The fourth-order valence-electron chi connectivity index (χ4n) is 3.96. The van der Waals surface area contributed by atoms with Crippen molar-refractivity contribution >= 4 is 23.2 Å². The lowest BCUT2D eigenvalue weighted by molar-refractivity contribution is 0.349. The predicted octanol–water partition coefficient (Wildman–Crippen LogP) is 5.39. The number of benzene rings is 2. The van der Waals surface area contributed by atoms with Gasteiger partial charge in [-0.15, -0.1) is 0 Å². The van der Waals surface area contributed by atoms with Crippen molar-refractivity contribution in [2.75, 3.05) is 21.3 Å². The largest absolute Gasteiger partial charge is 0.493 e. The zero-order valence-electron chi connectivity index (χ0n) is 16.9. The second kappa shape index (κ2) is 8.72. The van der Waals surface area contributed by atoms with E-state index in [0.717, 1.165) is 28.7 Å². The van der Waals surface area contributed by atoms with Gasteiger partial charge in [-0.1, -0.05) is 35.3 Å². The van der Waals surface area contributed by atoms with Crippen molar-refractivity contribution in [1.82, 2.24) is 10.3 Å². The van der Waals surface area contributed by atoms with Crippen molar-refractivity contribution in [2.45, 2.75) is 18.5 Å². The van der Waals surface area contributed by atoms with E-state index in [-0.39, 0.29) is 12.1 Å². The van der Waals surface area contributed by atoms with Crippen molar-refractivity contribution < 1.29 is 14.2 Å². The van der Waals surface area contributed by atoms with Gasteiger partial charge in [-0.2, -0.15) is 0 Å². The van der Waals surface area contributed by atoms with E-state index >= 15 is 0 Å². The molecule has 156 valence electrons. The van der Waals surface area contributed by atoms with E-state index in [1.807, 2.05) is 42.5 Å². The maximum absolute atomic E-state index is 6.33. The Kier molecular flexibility index (Phi) is 6.04. The third-order valence-corrected chi connectivity index (χ3v) is 6.13. The average Bonchev–Trinajstić information content (AvgIpc) is 2.79. The highest BCUT2D eigenvalue weighted by atomic mass is 35.5. The Morgan fingerprint density at radius 1 is 0.900 bits per heavy atom. The van der Waals surface area contributed by atoms with Crippen LogP contribution in [0.1, 0.15) is 34.3 Å². The molecule has 0 saturated carbocycles. The second-order valence-corrected chi connectivity index (χ2v) is 7.85. The van der Waals surface area contributed by atoms with Crippen molar-refractivity contribution in [2.24, 2.45) is 0 Å². The van der Waals surface area contributed by atoms with Gasteiger partial charge in [-0.25, -0.2) is 4.98 Å². The summed E-state index contributed by atoms with van der Waals surface area (Å²) in [5.74, 6) is 1.98. The molecule has 0 spiro atoms. The molecule has 0 bridgehead atoms. The van der Waals surface area contributed by atoms with Crippen molar-refractivity contribution in [3.63, 3.8) is 0 Å². The van der Waals surface area contributed by atoms with Crippen molar-refractivity contribution in [3.05, 3.63) is 81.0 Å². The lowest BCUT2D eigenvalue weighted by Crippen LogP contribution is -2.34. The summed E-state index contributed by atoms with van der Waals surface area (Å²) in [5.41, 5.74) is 4.25. The van der Waals surface area contributed by atoms with Crippen LogP contribution in [0, 0.1) is 0 Å². The molecule has 30 heavy (non-hydrogen) atoms. The predicted molar refractivity (Wildman–Crippen MR) is 118 cm³/mol. The third-order valence-electron chi connectivity index (χ3n) is 5.39. The molecule has 0 saturated heterocycles. The topological polar surface area (TPSA) is 52.6 Å². The van der Waals surface area contributed by atoms with Crippen molar-refractivity contribution in [3.8, 4) is 17.4 Å². The number of nitrogens with one attached hydrogen (secondary N) is 1. The third kappa shape index (κ3) is 3.81. The summed E-state index contributed by atoms with van der Waals surface area (Å²) >= 11 is 12.5. The highest BCUT2D eigenvalue weighted by Crippen LogP contribution is 2.43. The summed E-state index contributed by atoms with van der Waals surface area (Å²) in [4.78, 5) is 4.37. The normalized spacial score (nSPS) is 17.9. The Bertz CT molecular complexity index is 1070. The molecule has 1 aliphatic heterocycles. The number of fused-ring (bicyclic) bond motifs is 1. The van der Waals surface area contributed by atoms with Gasteiger partial charge < -0.3 is 14.2 Å². The molecule has 0 aliphatic carbocycles. The molecular weight excluding hydrogens is 423 g/mol. The number of pyridine rings is 1. The molecule has 0 amide bonds. The average molecular weight is 445 g/mol. The lowest BCUT2D eigenvalue weighted by atomic mass is 9.84. The van der Waals surface area contributed by atoms with Gasteiger partial charge in [-0.05, 0) is 53.4 Å². The molecule has 2 heterocycles. The van der Waals surface area contributed by atoms with Crippen LogP contribution in [0.3, 0.4) is 0 Å². The summed E-state index contributed by atoms with van der Waals surface area (Å²) < 4.78 is 16.6. The highest BCUT2D eigenvalue weighted by Gasteiger charge is 2.31. The van der Waals surface area contributed by atoms with Gasteiger partial charge in [-0.3, -0.25) is 5.32 Å². The molecule has 3 aromatic rings. The smallest absolute Gasteiger partial charge is 0.217 e. The van der Waals surface area contributed by atoms with E-state index in [1.165, 1.54) is 0 Å². The number of halogens is 2. The Morgan fingerprint density at radius 3 is 2.37 bits per heavy atom. The highest BCUT2D eigenvalue weighted by molar-refractivity contribution is 6.42. The van der Waals surface area contributed by atoms with Gasteiger partial charge in [0.1, 0.15) is 0 Å². The molecule has 7 heteroatoms. The fraction of sp³-hybridized carbons (Fsp3) is 0.261. The number of hydrogen-bond donors (Lipinski definition) is 1. The van der Waals surface area contributed by atoms with E-state index < -0.39 is 0 Å². The Balaban J connectivity index is 1.86. The minimum absolute atomic E-state index is 0.0151. The molecule has 0 unspecified atom stereocenters. The summed E-state index contributed by atoms with van der Waals surface area (Å²) in [5, 5.41) is 4.77. The number of ether oxygens (including phenoxy) is 3. The quantitative estimate of drug-likeness (QED) is 0.571. The first kappa shape index (κ1) is 20.8. The first-order valence-corrected chi connectivity index (χ1v) is 10.3. The van der Waals surface area contributed by atoms with Crippen LogP contribution in [0.15, 0.2) is 48.7 Å². The van der Waals surface area contributed by atoms with E-state index in [1.54, 1.807) is 27.5 Å². The molecule has 4 rings (SSSR count). The van der Waals surface area contributed by atoms with E-state index in [4.69, 9.17) is 37.4 Å². The Morgan fingerprint density at radius 2 is 1.67 bits per heavy atom. The molecule has 0 radical (unpaired) electrons. The Labute approximate surface area is 185 Å². The van der Waals surface area contributed by atoms with Gasteiger partial charge >= 0.3 is 0 Å². The number of aromatic nitrogens is 1. The molecule has 5 nitrogen and oxygen atoms in total. The zero-order chi connectivity index (χ0) is 21.3. The molecule has 2 aromatic carbocycles. The maximum Gasteiger partial charge on any atom is 0.217 e. The van der Waals surface area contributed by atoms with Crippen LogP contribution in [0.25, 0.3) is 0 Å². The Hall–Kier alpha value is -2.47. The van der Waals surface area contributed by atoms with Crippen LogP contribution in [0.5, 0.6) is 17.4 Å². The van der Waals surface area contributed by atoms with Gasteiger partial charge in [0.15, 0.2) is 11.5 Å². The maximum atomic E-state index is 6.33. The van der Waals surface area contributed by atoms with Crippen LogP contribution < -0.4 is 19.5 Å². The fourth-order valence-corrected chi connectivity index (χ4v) is 4.27. The molecule has 2 atom stereocenters. The number of hydrogen-bond acceptors (Lipinski definition) is 5. The first-order valence-electron chi connectivity index (χ1n) is 9.50. The second-order valence-electron chi connectivity index (χ2n) is 7.04.